The second-order valence-corrected chi connectivity index (χ2v) is 5.84. The minimum atomic E-state index is -0.576. The fraction of sp³-hybridized carbons (Fsp3) is 0.250. The van der Waals surface area contributed by atoms with Gasteiger partial charge in [-0.05, 0) is 30.0 Å². The van der Waals surface area contributed by atoms with Gasteiger partial charge < -0.3 is 15.4 Å². The molecule has 0 fully saturated rings. The normalized spacial score (nSPS) is 10.2. The zero-order valence-corrected chi connectivity index (χ0v) is 13.1. The van der Waals surface area contributed by atoms with Crippen LogP contribution in [0.2, 0.25) is 0 Å². The van der Waals surface area contributed by atoms with Crippen LogP contribution in [0, 0.1) is 0 Å². The Hall–Kier alpha value is -2.34. The third-order valence-electron chi connectivity index (χ3n) is 3.11. The van der Waals surface area contributed by atoms with Crippen LogP contribution in [0.5, 0.6) is 5.75 Å². The predicted molar refractivity (Wildman–Crippen MR) is 86.1 cm³/mol. The molecule has 22 heavy (non-hydrogen) atoms. The lowest BCUT2D eigenvalue weighted by molar-refractivity contribution is -0.119. The molecule has 0 unspecified atom stereocenters. The number of ether oxygens (including phenoxy) is 1. The number of benzene rings is 1. The molecule has 0 atom stereocenters. The molecule has 2 amide bonds. The van der Waals surface area contributed by atoms with Gasteiger partial charge in [0.25, 0.3) is 11.8 Å². The number of thiophene rings is 1. The fourth-order valence-corrected chi connectivity index (χ4v) is 2.66. The first-order chi connectivity index (χ1) is 10.6. The van der Waals surface area contributed by atoms with E-state index in [1.54, 1.807) is 47.5 Å². The number of primary amides is 1. The van der Waals surface area contributed by atoms with E-state index in [2.05, 4.69) is 0 Å². The maximum atomic E-state index is 12.5. The third kappa shape index (κ3) is 4.33. The highest BCUT2D eigenvalue weighted by molar-refractivity contribution is 7.09. The first-order valence-corrected chi connectivity index (χ1v) is 7.74. The van der Waals surface area contributed by atoms with E-state index in [0.29, 0.717) is 17.9 Å². The van der Waals surface area contributed by atoms with Crippen molar-refractivity contribution in [1.82, 2.24) is 4.90 Å². The number of hydrogen-bond donors (Lipinski definition) is 1. The summed E-state index contributed by atoms with van der Waals surface area (Å²) in [6.07, 6.45) is 0.810. The molecule has 2 aromatic rings. The Morgan fingerprint density at radius 2 is 2.00 bits per heavy atom. The van der Waals surface area contributed by atoms with Gasteiger partial charge in [-0.25, -0.2) is 0 Å². The summed E-state index contributed by atoms with van der Waals surface area (Å²) in [4.78, 5) is 26.2. The van der Waals surface area contributed by atoms with Gasteiger partial charge >= 0.3 is 0 Å². The van der Waals surface area contributed by atoms with Crippen molar-refractivity contribution in [3.63, 3.8) is 0 Å². The highest BCUT2D eigenvalue weighted by Crippen LogP contribution is 2.20. The Kier molecular flexibility index (Phi) is 5.55. The van der Waals surface area contributed by atoms with Crippen molar-refractivity contribution in [3.8, 4) is 5.75 Å². The van der Waals surface area contributed by atoms with Gasteiger partial charge in [0.2, 0.25) is 0 Å². The molecule has 0 saturated carbocycles. The number of amides is 2. The molecular formula is C16H18N2O3S. The van der Waals surface area contributed by atoms with Crippen LogP contribution in [0.3, 0.4) is 0 Å². The predicted octanol–water partition coefficient (Wildman–Crippen LogP) is 1.93. The first kappa shape index (κ1) is 16.0. The van der Waals surface area contributed by atoms with E-state index in [9.17, 15) is 9.59 Å². The highest BCUT2D eigenvalue weighted by Gasteiger charge is 2.16. The van der Waals surface area contributed by atoms with Gasteiger partial charge in [-0.15, -0.1) is 11.3 Å². The van der Waals surface area contributed by atoms with E-state index in [-0.39, 0.29) is 12.5 Å². The first-order valence-electron chi connectivity index (χ1n) is 6.86. The summed E-state index contributed by atoms with van der Waals surface area (Å²) in [7, 11) is 1.75. The van der Waals surface area contributed by atoms with Gasteiger partial charge in [-0.1, -0.05) is 18.2 Å². The quantitative estimate of drug-likeness (QED) is 0.848. The van der Waals surface area contributed by atoms with Crippen molar-refractivity contribution in [2.45, 2.75) is 6.42 Å². The average Bonchev–Trinajstić information content (AvgIpc) is 3.03. The van der Waals surface area contributed by atoms with Crippen LogP contribution in [0.4, 0.5) is 0 Å². The summed E-state index contributed by atoms with van der Waals surface area (Å²) in [6, 6.07) is 10.9. The molecule has 0 saturated heterocycles. The van der Waals surface area contributed by atoms with E-state index >= 15 is 0 Å². The minimum Gasteiger partial charge on any atom is -0.483 e. The highest BCUT2D eigenvalue weighted by atomic mass is 32.1. The zero-order valence-electron chi connectivity index (χ0n) is 12.3. The van der Waals surface area contributed by atoms with Crippen LogP contribution < -0.4 is 10.5 Å². The topological polar surface area (TPSA) is 72.6 Å². The molecule has 2 rings (SSSR count). The average molecular weight is 318 g/mol. The van der Waals surface area contributed by atoms with Crippen molar-refractivity contribution in [3.05, 3.63) is 52.2 Å². The largest absolute Gasteiger partial charge is 0.483 e. The number of carbonyl (C=O) groups is 2. The number of para-hydroxylation sites is 1. The number of nitrogens with two attached hydrogens (primary N) is 1. The molecule has 1 heterocycles. The maximum absolute atomic E-state index is 12.5. The van der Waals surface area contributed by atoms with Crippen LogP contribution >= 0.6 is 11.3 Å². The Morgan fingerprint density at radius 3 is 2.68 bits per heavy atom. The Balaban J connectivity index is 2.02. The molecule has 0 aliphatic carbocycles. The smallest absolute Gasteiger partial charge is 0.257 e. The minimum absolute atomic E-state index is 0.142. The van der Waals surface area contributed by atoms with Crippen LogP contribution in [0.25, 0.3) is 0 Å². The molecule has 0 aliphatic heterocycles. The summed E-state index contributed by atoms with van der Waals surface area (Å²) in [6.45, 7) is 0.368. The van der Waals surface area contributed by atoms with Crippen LogP contribution in [0.1, 0.15) is 15.2 Å². The molecule has 2 N–H and O–H groups in total. The maximum Gasteiger partial charge on any atom is 0.257 e. The number of rotatable bonds is 7. The standard InChI is InChI=1S/C16H18N2O3S/c1-18(9-8-12-5-4-10-22-12)16(20)13-6-2-3-7-14(13)21-11-15(17)19/h2-7,10H,8-9,11H2,1H3,(H2,17,19). The number of nitrogens with zero attached hydrogens (tertiary/aromatic N) is 1. The second-order valence-electron chi connectivity index (χ2n) is 4.81. The van der Waals surface area contributed by atoms with E-state index in [1.165, 1.54) is 4.88 Å². The van der Waals surface area contributed by atoms with Crippen LogP contribution in [-0.2, 0) is 11.2 Å². The number of hydrogen-bond acceptors (Lipinski definition) is 4. The number of likely N-dealkylation sites (N-methyl/N-ethyl adjacent to an activating group) is 1. The van der Waals surface area contributed by atoms with Gasteiger partial charge in [0.1, 0.15) is 5.75 Å². The molecule has 0 spiro atoms. The van der Waals surface area contributed by atoms with E-state index in [4.69, 9.17) is 10.5 Å². The van der Waals surface area contributed by atoms with Crippen LogP contribution in [-0.4, -0.2) is 36.9 Å². The van der Waals surface area contributed by atoms with E-state index in [1.807, 2.05) is 17.5 Å². The fourth-order valence-electron chi connectivity index (χ4n) is 1.96. The Labute approximate surface area is 133 Å². The number of carbonyl (C=O) groups excluding carboxylic acids is 2. The summed E-state index contributed by atoms with van der Waals surface area (Å²) >= 11 is 1.67. The summed E-state index contributed by atoms with van der Waals surface area (Å²) in [5.74, 6) is -0.348. The summed E-state index contributed by atoms with van der Waals surface area (Å²) < 4.78 is 5.30. The van der Waals surface area contributed by atoms with Gasteiger partial charge in [0, 0.05) is 18.5 Å². The lowest BCUT2D eigenvalue weighted by Gasteiger charge is -2.18. The van der Waals surface area contributed by atoms with Gasteiger partial charge in [0.15, 0.2) is 6.61 Å². The van der Waals surface area contributed by atoms with Gasteiger partial charge in [-0.2, -0.15) is 0 Å². The molecule has 1 aromatic heterocycles. The molecule has 5 nitrogen and oxygen atoms in total. The summed E-state index contributed by atoms with van der Waals surface area (Å²) in [5.41, 5.74) is 5.50. The van der Waals surface area contributed by atoms with Crippen LogP contribution in [0.15, 0.2) is 41.8 Å². The van der Waals surface area contributed by atoms with E-state index < -0.39 is 5.91 Å². The lowest BCUT2D eigenvalue weighted by Crippen LogP contribution is -2.29. The molecule has 0 bridgehead atoms. The Bertz CT molecular complexity index is 641. The van der Waals surface area contributed by atoms with Crippen molar-refractivity contribution in [1.29, 1.82) is 0 Å². The molecular weight excluding hydrogens is 300 g/mol. The molecule has 1 aromatic carbocycles. The molecule has 6 heteroatoms. The molecule has 116 valence electrons. The van der Waals surface area contributed by atoms with Gasteiger partial charge in [-0.3, -0.25) is 9.59 Å². The van der Waals surface area contributed by atoms with Gasteiger partial charge in [0.05, 0.1) is 5.56 Å². The van der Waals surface area contributed by atoms with E-state index in [0.717, 1.165) is 6.42 Å². The van der Waals surface area contributed by atoms with Crippen molar-refractivity contribution < 1.29 is 14.3 Å². The molecule has 0 aliphatic rings. The monoisotopic (exact) mass is 318 g/mol. The van der Waals surface area contributed by atoms with Crippen molar-refractivity contribution in [2.75, 3.05) is 20.2 Å². The summed E-state index contributed by atoms with van der Waals surface area (Å²) in [5, 5.41) is 2.02. The Morgan fingerprint density at radius 1 is 1.23 bits per heavy atom. The molecule has 0 radical (unpaired) electrons. The second kappa shape index (κ2) is 7.61. The third-order valence-corrected chi connectivity index (χ3v) is 4.04. The SMILES string of the molecule is CN(CCc1cccs1)C(=O)c1ccccc1OCC(N)=O. The zero-order chi connectivity index (χ0) is 15.9. The van der Waals surface area contributed by atoms with Crippen molar-refractivity contribution in [2.24, 2.45) is 5.73 Å². The lowest BCUT2D eigenvalue weighted by atomic mass is 10.1. The van der Waals surface area contributed by atoms with Crippen molar-refractivity contribution >= 4 is 23.2 Å².